The van der Waals surface area contributed by atoms with Gasteiger partial charge in [0.05, 0.1) is 11.0 Å². The molecule has 0 aliphatic carbocycles. The summed E-state index contributed by atoms with van der Waals surface area (Å²) in [5, 5.41) is 17.5. The number of rotatable bonds is 5. The maximum atomic E-state index is 4.78. The molecule has 8 heteroatoms. The molecule has 1 aromatic carbocycles. The van der Waals surface area contributed by atoms with Gasteiger partial charge in [0.1, 0.15) is 5.03 Å². The Labute approximate surface area is 143 Å². The van der Waals surface area contributed by atoms with Gasteiger partial charge in [-0.25, -0.2) is 4.98 Å². The predicted octanol–water partition coefficient (Wildman–Crippen LogP) is 3.07. The highest BCUT2D eigenvalue weighted by Gasteiger charge is 2.13. The number of para-hydroxylation sites is 2. The van der Waals surface area contributed by atoms with Crippen LogP contribution >= 0.6 is 11.8 Å². The number of aromatic nitrogens is 7. The van der Waals surface area contributed by atoms with E-state index in [2.05, 4.69) is 51.2 Å². The van der Waals surface area contributed by atoms with Gasteiger partial charge < -0.3 is 4.57 Å². The summed E-state index contributed by atoms with van der Waals surface area (Å²) in [5.41, 5.74) is 2.80. The molecule has 0 bridgehead atoms. The smallest absolute Gasteiger partial charge is 0.200 e. The quantitative estimate of drug-likeness (QED) is 0.556. The number of nitrogens with zero attached hydrogens (tertiary/aromatic N) is 7. The largest absolute Gasteiger partial charge is 0.319 e. The van der Waals surface area contributed by atoms with Crippen molar-refractivity contribution in [2.75, 3.05) is 0 Å². The minimum atomic E-state index is 0.632. The fourth-order valence-electron chi connectivity index (χ4n) is 2.52. The second kappa shape index (κ2) is 6.20. The molecule has 122 valence electrons. The van der Waals surface area contributed by atoms with Crippen molar-refractivity contribution in [3.05, 3.63) is 36.4 Å². The molecule has 0 N–H and O–H groups in total. The summed E-state index contributed by atoms with van der Waals surface area (Å²) in [4.78, 5) is 4.78. The van der Waals surface area contributed by atoms with Crippen LogP contribution in [0.3, 0.4) is 0 Å². The third-order valence-electron chi connectivity index (χ3n) is 3.79. The highest BCUT2D eigenvalue weighted by molar-refractivity contribution is 7.99. The average molecular weight is 339 g/mol. The van der Waals surface area contributed by atoms with Crippen LogP contribution in [0.2, 0.25) is 0 Å². The molecule has 7 nitrogen and oxygen atoms in total. The fraction of sp³-hybridized carbons (Fsp3) is 0.312. The number of hydrogen-bond donors (Lipinski definition) is 0. The summed E-state index contributed by atoms with van der Waals surface area (Å²) in [6, 6.07) is 12.0. The third-order valence-corrected chi connectivity index (χ3v) is 4.71. The zero-order valence-corrected chi connectivity index (χ0v) is 14.3. The minimum Gasteiger partial charge on any atom is -0.319 e. The van der Waals surface area contributed by atoms with Crippen molar-refractivity contribution in [3.8, 4) is 0 Å². The molecule has 0 atom stereocenters. The second-order valence-electron chi connectivity index (χ2n) is 6.02. The molecule has 24 heavy (non-hydrogen) atoms. The Morgan fingerprint density at radius 3 is 2.88 bits per heavy atom. The summed E-state index contributed by atoms with van der Waals surface area (Å²) in [7, 11) is 0. The second-order valence-corrected chi connectivity index (χ2v) is 7.00. The summed E-state index contributed by atoms with van der Waals surface area (Å²) in [6.07, 6.45) is 1.10. The molecule has 4 rings (SSSR count). The van der Waals surface area contributed by atoms with Crippen molar-refractivity contribution in [3.63, 3.8) is 0 Å². The van der Waals surface area contributed by atoms with Gasteiger partial charge in [0.15, 0.2) is 10.8 Å². The molecule has 0 saturated carbocycles. The van der Waals surface area contributed by atoms with Crippen molar-refractivity contribution in [2.24, 2.45) is 5.92 Å². The molecule has 0 aliphatic heterocycles. The van der Waals surface area contributed by atoms with E-state index in [1.54, 1.807) is 0 Å². The van der Waals surface area contributed by atoms with E-state index in [1.165, 1.54) is 16.4 Å². The number of benzene rings is 1. The van der Waals surface area contributed by atoms with Gasteiger partial charge >= 0.3 is 0 Å². The van der Waals surface area contributed by atoms with Crippen molar-refractivity contribution < 1.29 is 0 Å². The monoisotopic (exact) mass is 339 g/mol. The third kappa shape index (κ3) is 2.84. The lowest BCUT2D eigenvalue weighted by molar-refractivity contribution is 0.503. The van der Waals surface area contributed by atoms with Gasteiger partial charge in [-0.1, -0.05) is 26.0 Å². The molecule has 0 aliphatic rings. The number of imidazole rings is 1. The Hall–Kier alpha value is -2.48. The first-order valence-corrected chi connectivity index (χ1v) is 8.71. The van der Waals surface area contributed by atoms with Crippen LogP contribution in [0.1, 0.15) is 20.3 Å². The lowest BCUT2D eigenvalue weighted by Crippen LogP contribution is -2.03. The van der Waals surface area contributed by atoms with Crippen LogP contribution in [0.5, 0.6) is 0 Å². The lowest BCUT2D eigenvalue weighted by atomic mass is 10.1. The van der Waals surface area contributed by atoms with Crippen LogP contribution in [0, 0.1) is 5.92 Å². The van der Waals surface area contributed by atoms with Crippen molar-refractivity contribution in [1.82, 2.24) is 34.8 Å². The van der Waals surface area contributed by atoms with Crippen molar-refractivity contribution in [2.45, 2.75) is 37.0 Å². The van der Waals surface area contributed by atoms with Crippen LogP contribution in [-0.2, 0) is 6.54 Å². The molecule has 0 saturated heterocycles. The van der Waals surface area contributed by atoms with E-state index in [0.717, 1.165) is 34.2 Å². The van der Waals surface area contributed by atoms with E-state index in [0.29, 0.717) is 11.6 Å². The Kier molecular flexibility index (Phi) is 3.89. The van der Waals surface area contributed by atoms with E-state index in [9.17, 15) is 0 Å². The summed E-state index contributed by atoms with van der Waals surface area (Å²) in [6.45, 7) is 5.41. The fourth-order valence-corrected chi connectivity index (χ4v) is 3.40. The van der Waals surface area contributed by atoms with Gasteiger partial charge in [0.25, 0.3) is 0 Å². The summed E-state index contributed by atoms with van der Waals surface area (Å²) in [5.74, 6) is 0.639. The molecule has 0 unspecified atom stereocenters. The number of tetrazole rings is 1. The Morgan fingerprint density at radius 2 is 2.00 bits per heavy atom. The molecule has 3 aromatic heterocycles. The Balaban J connectivity index is 1.72. The maximum absolute atomic E-state index is 4.78. The molecule has 3 heterocycles. The number of fused-ring (bicyclic) bond motifs is 2. The standard InChI is InChI=1S/C16H17N7S/c1-11(2)9-10-22-13-6-4-3-5-12(13)17-16(22)24-15-8-7-14-18-20-21-23(14)19-15/h3-8,11H,9-10H2,1-2H3. The zero-order valence-electron chi connectivity index (χ0n) is 13.5. The van der Waals surface area contributed by atoms with Crippen LogP contribution < -0.4 is 0 Å². The predicted molar refractivity (Wildman–Crippen MR) is 91.9 cm³/mol. The molecular weight excluding hydrogens is 322 g/mol. The number of aryl methyl sites for hydroxylation is 1. The molecule has 4 aromatic rings. The topological polar surface area (TPSA) is 73.8 Å². The Bertz CT molecular complexity index is 988. The minimum absolute atomic E-state index is 0.632. The van der Waals surface area contributed by atoms with Gasteiger partial charge in [0, 0.05) is 6.54 Å². The van der Waals surface area contributed by atoms with Crippen LogP contribution in [0.25, 0.3) is 16.7 Å². The molecule has 0 radical (unpaired) electrons. The van der Waals surface area contributed by atoms with Gasteiger partial charge in [-0.2, -0.15) is 0 Å². The molecule has 0 fully saturated rings. The maximum Gasteiger partial charge on any atom is 0.200 e. The Morgan fingerprint density at radius 1 is 1.12 bits per heavy atom. The number of hydrogen-bond acceptors (Lipinski definition) is 6. The summed E-state index contributed by atoms with van der Waals surface area (Å²) < 4.78 is 3.70. The van der Waals surface area contributed by atoms with E-state index < -0.39 is 0 Å². The zero-order chi connectivity index (χ0) is 16.5. The summed E-state index contributed by atoms with van der Waals surface area (Å²) >= 11 is 1.53. The van der Waals surface area contributed by atoms with Gasteiger partial charge in [0.2, 0.25) is 0 Å². The van der Waals surface area contributed by atoms with Gasteiger partial charge in [-0.15, -0.1) is 14.8 Å². The van der Waals surface area contributed by atoms with Gasteiger partial charge in [-0.3, -0.25) is 0 Å². The highest BCUT2D eigenvalue weighted by Crippen LogP contribution is 2.29. The molecular formula is C16H17N7S. The van der Waals surface area contributed by atoms with E-state index in [4.69, 9.17) is 4.98 Å². The normalized spacial score (nSPS) is 11.8. The van der Waals surface area contributed by atoms with E-state index in [-0.39, 0.29) is 0 Å². The van der Waals surface area contributed by atoms with Crippen molar-refractivity contribution in [1.29, 1.82) is 0 Å². The lowest BCUT2D eigenvalue weighted by Gasteiger charge is -2.10. The first-order valence-electron chi connectivity index (χ1n) is 7.89. The van der Waals surface area contributed by atoms with Crippen LogP contribution in [0.4, 0.5) is 0 Å². The molecule has 0 amide bonds. The van der Waals surface area contributed by atoms with Crippen molar-refractivity contribution >= 4 is 28.4 Å². The molecule has 0 spiro atoms. The van der Waals surface area contributed by atoms with E-state index >= 15 is 0 Å². The van der Waals surface area contributed by atoms with E-state index in [1.807, 2.05) is 24.3 Å². The van der Waals surface area contributed by atoms with Crippen LogP contribution in [0.15, 0.2) is 46.6 Å². The first-order chi connectivity index (χ1) is 11.7. The average Bonchev–Trinajstić information content (AvgIpc) is 3.16. The first kappa shape index (κ1) is 15.1. The van der Waals surface area contributed by atoms with Crippen LogP contribution in [-0.4, -0.2) is 34.8 Å². The van der Waals surface area contributed by atoms with Gasteiger partial charge in [-0.05, 0) is 58.8 Å². The SMILES string of the molecule is CC(C)CCn1c(Sc2ccc3nnnn3n2)nc2ccccc21. The highest BCUT2D eigenvalue weighted by atomic mass is 32.2.